The molecule has 0 aromatic heterocycles. The van der Waals surface area contributed by atoms with Gasteiger partial charge in [-0.1, -0.05) is 30.3 Å². The number of carbonyl (C=O) groups is 1. The summed E-state index contributed by atoms with van der Waals surface area (Å²) in [4.78, 5) is 16.7. The SMILES string of the molecule is COc1cc(N2CCN(C(=O)CCc3ccccc3)CC2)cc(OC)c1OC. The maximum atomic E-state index is 12.5. The van der Waals surface area contributed by atoms with E-state index in [0.29, 0.717) is 36.8 Å². The van der Waals surface area contributed by atoms with Crippen molar-refractivity contribution in [1.82, 2.24) is 4.90 Å². The van der Waals surface area contributed by atoms with Crippen LogP contribution in [0.5, 0.6) is 17.2 Å². The molecule has 2 aromatic carbocycles. The average Bonchev–Trinajstić information content (AvgIpc) is 2.77. The summed E-state index contributed by atoms with van der Waals surface area (Å²) >= 11 is 0. The number of benzene rings is 2. The minimum absolute atomic E-state index is 0.216. The number of methoxy groups -OCH3 is 3. The lowest BCUT2D eigenvalue weighted by Gasteiger charge is -2.36. The molecule has 0 spiro atoms. The van der Waals surface area contributed by atoms with Crippen molar-refractivity contribution >= 4 is 11.6 Å². The monoisotopic (exact) mass is 384 g/mol. The van der Waals surface area contributed by atoms with Gasteiger partial charge in [0.2, 0.25) is 11.7 Å². The van der Waals surface area contributed by atoms with E-state index >= 15 is 0 Å². The summed E-state index contributed by atoms with van der Waals surface area (Å²) in [5.41, 5.74) is 2.21. The van der Waals surface area contributed by atoms with Gasteiger partial charge in [-0.25, -0.2) is 0 Å². The highest BCUT2D eigenvalue weighted by Crippen LogP contribution is 2.41. The minimum Gasteiger partial charge on any atom is -0.493 e. The van der Waals surface area contributed by atoms with Crippen LogP contribution in [0.2, 0.25) is 0 Å². The van der Waals surface area contributed by atoms with E-state index in [4.69, 9.17) is 14.2 Å². The molecule has 0 atom stereocenters. The van der Waals surface area contributed by atoms with Gasteiger partial charge >= 0.3 is 0 Å². The highest BCUT2D eigenvalue weighted by molar-refractivity contribution is 5.77. The fourth-order valence-corrected chi connectivity index (χ4v) is 3.52. The quantitative estimate of drug-likeness (QED) is 0.735. The van der Waals surface area contributed by atoms with Gasteiger partial charge in [-0.05, 0) is 12.0 Å². The summed E-state index contributed by atoms with van der Waals surface area (Å²) in [5, 5.41) is 0. The molecule has 150 valence electrons. The highest BCUT2D eigenvalue weighted by atomic mass is 16.5. The van der Waals surface area contributed by atoms with Crippen LogP contribution in [0.25, 0.3) is 0 Å². The number of hydrogen-bond acceptors (Lipinski definition) is 5. The zero-order valence-corrected chi connectivity index (χ0v) is 16.8. The van der Waals surface area contributed by atoms with Gasteiger partial charge in [-0.3, -0.25) is 4.79 Å². The minimum atomic E-state index is 0.216. The lowest BCUT2D eigenvalue weighted by molar-refractivity contribution is -0.131. The summed E-state index contributed by atoms with van der Waals surface area (Å²) in [6, 6.07) is 14.0. The predicted octanol–water partition coefficient (Wildman–Crippen LogP) is 2.99. The molecular formula is C22H28N2O4. The second kappa shape index (κ2) is 9.35. The molecule has 0 aliphatic carbocycles. The molecule has 1 amide bonds. The molecule has 6 nitrogen and oxygen atoms in total. The summed E-state index contributed by atoms with van der Waals surface area (Å²) in [7, 11) is 4.83. The Bertz CT molecular complexity index is 761. The third-order valence-electron chi connectivity index (χ3n) is 5.12. The van der Waals surface area contributed by atoms with E-state index < -0.39 is 0 Å². The smallest absolute Gasteiger partial charge is 0.223 e. The van der Waals surface area contributed by atoms with E-state index in [9.17, 15) is 4.79 Å². The molecule has 1 saturated heterocycles. The van der Waals surface area contributed by atoms with Crippen LogP contribution in [0.4, 0.5) is 5.69 Å². The van der Waals surface area contributed by atoms with Gasteiger partial charge in [0.25, 0.3) is 0 Å². The third kappa shape index (κ3) is 4.50. The summed E-state index contributed by atoms with van der Waals surface area (Å²) in [6.07, 6.45) is 1.33. The van der Waals surface area contributed by atoms with Crippen LogP contribution in [-0.2, 0) is 11.2 Å². The predicted molar refractivity (Wildman–Crippen MR) is 110 cm³/mol. The van der Waals surface area contributed by atoms with Gasteiger partial charge in [-0.15, -0.1) is 0 Å². The number of ether oxygens (including phenoxy) is 3. The number of rotatable bonds is 7. The van der Waals surface area contributed by atoms with Gasteiger partial charge in [0.1, 0.15) is 0 Å². The Kier molecular flexibility index (Phi) is 6.63. The first kappa shape index (κ1) is 19.9. The Balaban J connectivity index is 1.59. The van der Waals surface area contributed by atoms with Gasteiger partial charge in [0.15, 0.2) is 11.5 Å². The molecule has 0 saturated carbocycles. The van der Waals surface area contributed by atoms with E-state index in [2.05, 4.69) is 17.0 Å². The topological polar surface area (TPSA) is 51.2 Å². The molecule has 0 radical (unpaired) electrons. The van der Waals surface area contributed by atoms with Crippen LogP contribution in [0, 0.1) is 0 Å². The third-order valence-corrected chi connectivity index (χ3v) is 5.12. The molecular weight excluding hydrogens is 356 g/mol. The van der Waals surface area contributed by atoms with E-state index in [0.717, 1.165) is 25.2 Å². The first-order valence-corrected chi connectivity index (χ1v) is 9.53. The van der Waals surface area contributed by atoms with E-state index in [1.807, 2.05) is 35.2 Å². The fraction of sp³-hybridized carbons (Fsp3) is 0.409. The zero-order chi connectivity index (χ0) is 19.9. The molecule has 1 heterocycles. The molecule has 1 aliphatic heterocycles. The van der Waals surface area contributed by atoms with Crippen LogP contribution in [-0.4, -0.2) is 58.3 Å². The average molecular weight is 384 g/mol. The van der Waals surface area contributed by atoms with Crippen LogP contribution in [0.1, 0.15) is 12.0 Å². The first-order valence-electron chi connectivity index (χ1n) is 9.53. The Morgan fingerprint density at radius 2 is 1.50 bits per heavy atom. The van der Waals surface area contributed by atoms with Crippen molar-refractivity contribution in [2.75, 3.05) is 52.4 Å². The van der Waals surface area contributed by atoms with Crippen molar-refractivity contribution in [3.05, 3.63) is 48.0 Å². The number of anilines is 1. The van der Waals surface area contributed by atoms with Crippen molar-refractivity contribution in [2.24, 2.45) is 0 Å². The molecule has 2 aromatic rings. The van der Waals surface area contributed by atoms with E-state index in [1.165, 1.54) is 5.56 Å². The van der Waals surface area contributed by atoms with Gasteiger partial charge in [0, 0.05) is 50.4 Å². The normalized spacial score (nSPS) is 14.0. The standard InChI is InChI=1S/C22H28N2O4/c1-26-19-15-18(16-20(27-2)22(19)28-3)23-11-13-24(14-12-23)21(25)10-9-17-7-5-4-6-8-17/h4-8,15-16H,9-14H2,1-3H3. The number of hydrogen-bond donors (Lipinski definition) is 0. The number of amides is 1. The van der Waals surface area contributed by atoms with Gasteiger partial charge < -0.3 is 24.0 Å². The first-order chi connectivity index (χ1) is 13.7. The van der Waals surface area contributed by atoms with Crippen LogP contribution >= 0.6 is 0 Å². The number of nitrogens with zero attached hydrogens (tertiary/aromatic N) is 2. The summed E-state index contributed by atoms with van der Waals surface area (Å²) in [6.45, 7) is 2.97. The number of carbonyl (C=O) groups excluding carboxylic acids is 1. The second-order valence-electron chi connectivity index (χ2n) is 6.74. The summed E-state index contributed by atoms with van der Waals surface area (Å²) in [5.74, 6) is 2.08. The highest BCUT2D eigenvalue weighted by Gasteiger charge is 2.23. The Labute approximate surface area is 166 Å². The largest absolute Gasteiger partial charge is 0.493 e. The molecule has 6 heteroatoms. The molecule has 1 fully saturated rings. The Morgan fingerprint density at radius 1 is 0.893 bits per heavy atom. The molecule has 3 rings (SSSR count). The number of aryl methyl sites for hydroxylation is 1. The lowest BCUT2D eigenvalue weighted by atomic mass is 10.1. The van der Waals surface area contributed by atoms with E-state index in [-0.39, 0.29) is 5.91 Å². The molecule has 0 bridgehead atoms. The Hall–Kier alpha value is -2.89. The van der Waals surface area contributed by atoms with Crippen molar-refractivity contribution < 1.29 is 19.0 Å². The number of piperazine rings is 1. The van der Waals surface area contributed by atoms with Crippen molar-refractivity contribution in [3.63, 3.8) is 0 Å². The maximum absolute atomic E-state index is 12.5. The molecule has 0 unspecified atom stereocenters. The van der Waals surface area contributed by atoms with Crippen molar-refractivity contribution in [1.29, 1.82) is 0 Å². The van der Waals surface area contributed by atoms with Crippen molar-refractivity contribution in [3.8, 4) is 17.2 Å². The molecule has 28 heavy (non-hydrogen) atoms. The zero-order valence-electron chi connectivity index (χ0n) is 16.8. The van der Waals surface area contributed by atoms with Crippen molar-refractivity contribution in [2.45, 2.75) is 12.8 Å². The maximum Gasteiger partial charge on any atom is 0.223 e. The molecule has 1 aliphatic rings. The lowest BCUT2D eigenvalue weighted by Crippen LogP contribution is -2.48. The van der Waals surface area contributed by atoms with Crippen LogP contribution in [0.3, 0.4) is 0 Å². The van der Waals surface area contributed by atoms with Crippen LogP contribution in [0.15, 0.2) is 42.5 Å². The van der Waals surface area contributed by atoms with Crippen LogP contribution < -0.4 is 19.1 Å². The van der Waals surface area contributed by atoms with Gasteiger partial charge in [-0.2, -0.15) is 0 Å². The summed E-state index contributed by atoms with van der Waals surface area (Å²) < 4.78 is 16.3. The van der Waals surface area contributed by atoms with E-state index in [1.54, 1.807) is 21.3 Å². The second-order valence-corrected chi connectivity index (χ2v) is 6.74. The molecule has 0 N–H and O–H groups in total. The fourth-order valence-electron chi connectivity index (χ4n) is 3.52. The Morgan fingerprint density at radius 3 is 2.04 bits per heavy atom. The van der Waals surface area contributed by atoms with Gasteiger partial charge in [0.05, 0.1) is 21.3 Å².